The van der Waals surface area contributed by atoms with Gasteiger partial charge in [0.2, 0.25) is 5.82 Å². The average Bonchev–Trinajstić information content (AvgIpc) is 2.99. The number of aromatic nitrogens is 2. The Morgan fingerprint density at radius 3 is 2.89 bits per heavy atom. The van der Waals surface area contributed by atoms with Gasteiger partial charge in [0.1, 0.15) is 11.4 Å². The molecule has 5 heteroatoms. The third-order valence-corrected chi connectivity index (χ3v) is 3.56. The van der Waals surface area contributed by atoms with Gasteiger partial charge in [0.25, 0.3) is 5.89 Å². The number of hydrogen-bond donors (Lipinski definition) is 1. The van der Waals surface area contributed by atoms with Gasteiger partial charge in [-0.1, -0.05) is 5.16 Å². The Morgan fingerprint density at radius 2 is 2.21 bits per heavy atom. The van der Waals surface area contributed by atoms with Crippen LogP contribution in [0.2, 0.25) is 0 Å². The van der Waals surface area contributed by atoms with Crippen molar-refractivity contribution in [3.63, 3.8) is 0 Å². The maximum Gasteiger partial charge on any atom is 0.258 e. The summed E-state index contributed by atoms with van der Waals surface area (Å²) in [5.41, 5.74) is 1.29. The molecule has 100 valence electrons. The maximum atomic E-state index is 9.42. The van der Waals surface area contributed by atoms with Crippen molar-refractivity contribution in [2.45, 2.75) is 32.3 Å². The van der Waals surface area contributed by atoms with Crippen LogP contribution in [-0.4, -0.2) is 21.9 Å². The standard InChI is InChI=1S/C14H16N2O3/c1-9-8-10(17)4-5-11(9)12-15-13(16-19-12)14(2)6-3-7-18-14/h4-5,8,17H,3,6-7H2,1-2H3. The lowest BCUT2D eigenvalue weighted by Gasteiger charge is -2.17. The van der Waals surface area contributed by atoms with Crippen LogP contribution in [0, 0.1) is 6.92 Å². The van der Waals surface area contributed by atoms with E-state index in [0.717, 1.165) is 30.6 Å². The van der Waals surface area contributed by atoms with Gasteiger partial charge in [0, 0.05) is 12.2 Å². The van der Waals surface area contributed by atoms with Crippen LogP contribution in [-0.2, 0) is 10.3 Å². The molecular formula is C14H16N2O3. The molecule has 1 fully saturated rings. The van der Waals surface area contributed by atoms with E-state index < -0.39 is 5.60 Å². The van der Waals surface area contributed by atoms with Crippen LogP contribution in [0.1, 0.15) is 31.2 Å². The Hall–Kier alpha value is -1.88. The molecule has 0 aliphatic carbocycles. The summed E-state index contributed by atoms with van der Waals surface area (Å²) in [6.07, 6.45) is 1.92. The molecule has 0 spiro atoms. The Bertz CT molecular complexity index is 600. The highest BCUT2D eigenvalue weighted by Crippen LogP contribution is 2.35. The molecule has 1 unspecified atom stereocenters. The molecule has 2 heterocycles. The first-order chi connectivity index (χ1) is 9.08. The average molecular weight is 260 g/mol. The number of aryl methyl sites for hydroxylation is 1. The number of aromatic hydroxyl groups is 1. The van der Waals surface area contributed by atoms with E-state index in [2.05, 4.69) is 10.1 Å². The predicted octanol–water partition coefficient (Wildman–Crippen LogP) is 2.78. The molecule has 0 radical (unpaired) electrons. The topological polar surface area (TPSA) is 68.4 Å². The molecular weight excluding hydrogens is 244 g/mol. The fourth-order valence-electron chi connectivity index (χ4n) is 2.39. The number of ether oxygens (including phenoxy) is 1. The monoisotopic (exact) mass is 260 g/mol. The number of benzene rings is 1. The van der Waals surface area contributed by atoms with Gasteiger partial charge in [-0.25, -0.2) is 0 Å². The van der Waals surface area contributed by atoms with E-state index >= 15 is 0 Å². The van der Waals surface area contributed by atoms with Crippen LogP contribution in [0.4, 0.5) is 0 Å². The molecule has 1 N–H and O–H groups in total. The van der Waals surface area contributed by atoms with E-state index in [0.29, 0.717) is 11.7 Å². The van der Waals surface area contributed by atoms with Crippen molar-refractivity contribution >= 4 is 0 Å². The van der Waals surface area contributed by atoms with Crippen molar-refractivity contribution in [2.75, 3.05) is 6.61 Å². The smallest absolute Gasteiger partial charge is 0.258 e. The fraction of sp³-hybridized carbons (Fsp3) is 0.429. The molecule has 0 amide bonds. The molecule has 3 rings (SSSR count). The normalized spacial score (nSPS) is 22.8. The first-order valence-electron chi connectivity index (χ1n) is 6.37. The second-order valence-electron chi connectivity index (χ2n) is 5.11. The SMILES string of the molecule is Cc1cc(O)ccc1-c1nc(C2(C)CCCO2)no1. The Balaban J connectivity index is 1.97. The van der Waals surface area contributed by atoms with Gasteiger partial charge in [-0.3, -0.25) is 0 Å². The summed E-state index contributed by atoms with van der Waals surface area (Å²) >= 11 is 0. The van der Waals surface area contributed by atoms with Gasteiger partial charge in [0.15, 0.2) is 0 Å². The zero-order valence-corrected chi connectivity index (χ0v) is 11.0. The Kier molecular flexibility index (Phi) is 2.78. The van der Waals surface area contributed by atoms with E-state index in [1.165, 1.54) is 0 Å². The lowest BCUT2D eigenvalue weighted by molar-refractivity contribution is 0.00768. The third kappa shape index (κ3) is 2.10. The second kappa shape index (κ2) is 4.35. The molecule has 1 atom stereocenters. The van der Waals surface area contributed by atoms with Crippen molar-refractivity contribution in [2.24, 2.45) is 0 Å². The number of phenols is 1. The van der Waals surface area contributed by atoms with Crippen molar-refractivity contribution in [1.82, 2.24) is 10.1 Å². The Morgan fingerprint density at radius 1 is 1.37 bits per heavy atom. The van der Waals surface area contributed by atoms with Crippen LogP contribution in [0.3, 0.4) is 0 Å². The summed E-state index contributed by atoms with van der Waals surface area (Å²) in [6.45, 7) is 4.61. The summed E-state index contributed by atoms with van der Waals surface area (Å²) in [5.74, 6) is 1.28. The van der Waals surface area contributed by atoms with E-state index in [-0.39, 0.29) is 5.75 Å². The maximum absolute atomic E-state index is 9.42. The largest absolute Gasteiger partial charge is 0.508 e. The molecule has 1 aromatic carbocycles. The van der Waals surface area contributed by atoms with Gasteiger partial charge < -0.3 is 14.4 Å². The molecule has 5 nitrogen and oxygen atoms in total. The van der Waals surface area contributed by atoms with E-state index in [1.807, 2.05) is 13.8 Å². The van der Waals surface area contributed by atoms with Crippen LogP contribution < -0.4 is 0 Å². The van der Waals surface area contributed by atoms with Gasteiger partial charge in [-0.2, -0.15) is 4.98 Å². The van der Waals surface area contributed by atoms with Crippen LogP contribution in [0.5, 0.6) is 5.75 Å². The van der Waals surface area contributed by atoms with Gasteiger partial charge in [-0.05, 0) is 50.5 Å². The number of rotatable bonds is 2. The number of hydrogen-bond acceptors (Lipinski definition) is 5. The highest BCUT2D eigenvalue weighted by Gasteiger charge is 2.36. The van der Waals surface area contributed by atoms with Gasteiger partial charge >= 0.3 is 0 Å². The molecule has 19 heavy (non-hydrogen) atoms. The third-order valence-electron chi connectivity index (χ3n) is 3.56. The van der Waals surface area contributed by atoms with Crippen molar-refractivity contribution in [1.29, 1.82) is 0 Å². The molecule has 1 aromatic heterocycles. The van der Waals surface area contributed by atoms with E-state index in [9.17, 15) is 5.11 Å². The van der Waals surface area contributed by atoms with Crippen molar-refractivity contribution in [3.05, 3.63) is 29.6 Å². The second-order valence-corrected chi connectivity index (χ2v) is 5.11. The minimum atomic E-state index is -0.438. The van der Waals surface area contributed by atoms with E-state index in [1.54, 1.807) is 18.2 Å². The highest BCUT2D eigenvalue weighted by atomic mass is 16.5. The summed E-state index contributed by atoms with van der Waals surface area (Å²) in [7, 11) is 0. The van der Waals surface area contributed by atoms with Crippen LogP contribution >= 0.6 is 0 Å². The molecule has 1 aliphatic rings. The summed E-state index contributed by atoms with van der Waals surface area (Å²) in [6, 6.07) is 5.06. The van der Waals surface area contributed by atoms with Gasteiger partial charge in [0.05, 0.1) is 0 Å². The molecule has 2 aromatic rings. The zero-order valence-electron chi connectivity index (χ0n) is 11.0. The summed E-state index contributed by atoms with van der Waals surface area (Å²) < 4.78 is 11.0. The summed E-state index contributed by atoms with van der Waals surface area (Å²) in [4.78, 5) is 4.44. The first-order valence-corrected chi connectivity index (χ1v) is 6.37. The summed E-state index contributed by atoms with van der Waals surface area (Å²) in [5, 5.41) is 13.5. The minimum Gasteiger partial charge on any atom is -0.508 e. The molecule has 0 saturated carbocycles. The molecule has 1 aliphatic heterocycles. The predicted molar refractivity (Wildman–Crippen MR) is 68.7 cm³/mol. The van der Waals surface area contributed by atoms with Crippen molar-refractivity contribution < 1.29 is 14.4 Å². The fourth-order valence-corrected chi connectivity index (χ4v) is 2.39. The minimum absolute atomic E-state index is 0.229. The molecule has 0 bridgehead atoms. The van der Waals surface area contributed by atoms with Crippen LogP contribution in [0.15, 0.2) is 22.7 Å². The quantitative estimate of drug-likeness (QED) is 0.899. The number of phenolic OH excluding ortho intramolecular Hbond substituents is 1. The lowest BCUT2D eigenvalue weighted by Crippen LogP contribution is -2.21. The zero-order chi connectivity index (χ0) is 13.5. The number of nitrogens with zero attached hydrogens (tertiary/aromatic N) is 2. The van der Waals surface area contributed by atoms with E-state index in [4.69, 9.17) is 9.26 Å². The van der Waals surface area contributed by atoms with Crippen molar-refractivity contribution in [3.8, 4) is 17.2 Å². The highest BCUT2D eigenvalue weighted by molar-refractivity contribution is 5.59. The molecule has 1 saturated heterocycles. The lowest BCUT2D eigenvalue weighted by atomic mass is 10.0. The van der Waals surface area contributed by atoms with Crippen LogP contribution in [0.25, 0.3) is 11.5 Å². The van der Waals surface area contributed by atoms with Gasteiger partial charge in [-0.15, -0.1) is 0 Å². The first kappa shape index (κ1) is 12.2. The Labute approximate surface area is 111 Å².